The second-order valence-electron chi connectivity index (χ2n) is 6.44. The Bertz CT molecular complexity index is 471. The first-order chi connectivity index (χ1) is 9.24. The minimum Gasteiger partial charge on any atom is -0.309 e. The highest BCUT2D eigenvalue weighted by atomic mass is 19.3. The van der Waals surface area contributed by atoms with Crippen LogP contribution in [-0.4, -0.2) is 6.04 Å². The van der Waals surface area contributed by atoms with E-state index in [4.69, 9.17) is 0 Å². The highest BCUT2D eigenvalue weighted by molar-refractivity contribution is 5.25. The largest absolute Gasteiger partial charge is 0.309 e. The third-order valence-electron chi connectivity index (χ3n) is 5.48. The summed E-state index contributed by atoms with van der Waals surface area (Å²) in [6, 6.07) is 7.47. The van der Waals surface area contributed by atoms with Crippen molar-refractivity contribution in [1.82, 2.24) is 5.32 Å². The average Bonchev–Trinajstić information content (AvgIpc) is 2.79. The molecule has 0 aromatic heterocycles. The molecule has 4 unspecified atom stereocenters. The van der Waals surface area contributed by atoms with E-state index < -0.39 is 6.43 Å². The molecular weight excluding hydrogens is 244 g/mol. The number of benzene rings is 1. The topological polar surface area (TPSA) is 12.0 Å². The van der Waals surface area contributed by atoms with Gasteiger partial charge in [0.1, 0.15) is 0 Å². The van der Waals surface area contributed by atoms with E-state index in [9.17, 15) is 8.78 Å². The van der Waals surface area contributed by atoms with Crippen molar-refractivity contribution in [3.05, 3.63) is 35.4 Å². The third-order valence-corrected chi connectivity index (χ3v) is 5.48. The van der Waals surface area contributed by atoms with Crippen LogP contribution >= 0.6 is 0 Å². The Morgan fingerprint density at radius 2 is 1.89 bits per heavy atom. The standard InChI is InChI=1S/C16H19F2N/c17-16(18)12-3-1-2-9(6-12)8-19-15-13-10-4-5-11(7-10)14(13)15/h1-3,6,10-11,13-16,19H,4-5,7-8H2. The van der Waals surface area contributed by atoms with E-state index in [0.717, 1.165) is 35.8 Å². The summed E-state index contributed by atoms with van der Waals surface area (Å²) in [5.74, 6) is 3.72. The number of nitrogens with one attached hydrogen (secondary N) is 1. The van der Waals surface area contributed by atoms with Crippen molar-refractivity contribution in [3.8, 4) is 0 Å². The van der Waals surface area contributed by atoms with E-state index in [-0.39, 0.29) is 5.56 Å². The highest BCUT2D eigenvalue weighted by Crippen LogP contribution is 2.65. The van der Waals surface area contributed by atoms with Gasteiger partial charge in [-0.15, -0.1) is 0 Å². The number of rotatable bonds is 4. The third kappa shape index (κ3) is 1.90. The van der Waals surface area contributed by atoms with Crippen LogP contribution in [0.3, 0.4) is 0 Å². The van der Waals surface area contributed by atoms with Gasteiger partial charge >= 0.3 is 0 Å². The van der Waals surface area contributed by atoms with Crippen LogP contribution in [-0.2, 0) is 6.54 Å². The lowest BCUT2D eigenvalue weighted by Crippen LogP contribution is -2.22. The van der Waals surface area contributed by atoms with Gasteiger partial charge in [-0.05, 0) is 54.6 Å². The maximum atomic E-state index is 12.6. The first kappa shape index (κ1) is 11.8. The summed E-state index contributed by atoms with van der Waals surface area (Å²) in [7, 11) is 0. The molecule has 3 fully saturated rings. The molecule has 0 heterocycles. The quantitative estimate of drug-likeness (QED) is 0.872. The van der Waals surface area contributed by atoms with E-state index in [1.54, 1.807) is 12.1 Å². The van der Waals surface area contributed by atoms with E-state index in [2.05, 4.69) is 5.32 Å². The molecule has 0 radical (unpaired) electrons. The van der Waals surface area contributed by atoms with Crippen molar-refractivity contribution in [2.24, 2.45) is 23.7 Å². The van der Waals surface area contributed by atoms with Gasteiger partial charge in [-0.3, -0.25) is 0 Å². The Hall–Kier alpha value is -0.960. The van der Waals surface area contributed by atoms with Crippen LogP contribution in [0.25, 0.3) is 0 Å². The molecule has 3 heteroatoms. The molecule has 3 saturated carbocycles. The minimum absolute atomic E-state index is 0.135. The molecule has 3 aliphatic rings. The number of hydrogen-bond donors (Lipinski definition) is 1. The molecular formula is C16H19F2N. The Morgan fingerprint density at radius 1 is 1.16 bits per heavy atom. The summed E-state index contributed by atoms with van der Waals surface area (Å²) in [6.45, 7) is 0.734. The number of fused-ring (bicyclic) bond motifs is 5. The summed E-state index contributed by atoms with van der Waals surface area (Å²) >= 11 is 0. The molecule has 4 atom stereocenters. The van der Waals surface area contributed by atoms with Gasteiger partial charge in [-0.2, -0.15) is 0 Å². The number of halogens is 2. The zero-order chi connectivity index (χ0) is 13.0. The normalized spacial score (nSPS) is 38.8. The predicted molar refractivity (Wildman–Crippen MR) is 69.8 cm³/mol. The zero-order valence-corrected chi connectivity index (χ0v) is 10.9. The van der Waals surface area contributed by atoms with E-state index >= 15 is 0 Å². The lowest BCUT2D eigenvalue weighted by molar-refractivity contribution is 0.151. The van der Waals surface area contributed by atoms with Crippen LogP contribution in [0.15, 0.2) is 24.3 Å². The highest BCUT2D eigenvalue weighted by Gasteiger charge is 2.64. The molecule has 0 spiro atoms. The van der Waals surface area contributed by atoms with Crippen molar-refractivity contribution < 1.29 is 8.78 Å². The van der Waals surface area contributed by atoms with Gasteiger partial charge < -0.3 is 5.32 Å². The van der Waals surface area contributed by atoms with Crippen molar-refractivity contribution in [2.45, 2.75) is 38.3 Å². The van der Waals surface area contributed by atoms with Gasteiger partial charge in [0.15, 0.2) is 0 Å². The van der Waals surface area contributed by atoms with Crippen molar-refractivity contribution in [3.63, 3.8) is 0 Å². The fourth-order valence-corrected chi connectivity index (χ4v) is 4.67. The second-order valence-corrected chi connectivity index (χ2v) is 6.44. The van der Waals surface area contributed by atoms with Crippen LogP contribution in [0.4, 0.5) is 8.78 Å². The summed E-state index contributed by atoms with van der Waals surface area (Å²) in [4.78, 5) is 0. The van der Waals surface area contributed by atoms with Crippen LogP contribution in [0, 0.1) is 23.7 Å². The first-order valence-electron chi connectivity index (χ1n) is 7.34. The summed E-state index contributed by atoms with van der Waals surface area (Å²) in [6.07, 6.45) is 1.93. The second kappa shape index (κ2) is 4.27. The van der Waals surface area contributed by atoms with Crippen molar-refractivity contribution in [1.29, 1.82) is 0 Å². The molecule has 0 saturated heterocycles. The van der Waals surface area contributed by atoms with Gasteiger partial charge in [0.25, 0.3) is 6.43 Å². The van der Waals surface area contributed by atoms with Gasteiger partial charge in [0.2, 0.25) is 0 Å². The average molecular weight is 263 g/mol. The predicted octanol–water partition coefficient (Wildman–Crippen LogP) is 3.76. The number of hydrogen-bond acceptors (Lipinski definition) is 1. The summed E-state index contributed by atoms with van der Waals surface area (Å²) < 4.78 is 25.3. The van der Waals surface area contributed by atoms with Gasteiger partial charge in [0.05, 0.1) is 0 Å². The molecule has 3 aliphatic carbocycles. The first-order valence-corrected chi connectivity index (χ1v) is 7.34. The molecule has 2 bridgehead atoms. The van der Waals surface area contributed by atoms with Gasteiger partial charge in [0, 0.05) is 18.2 Å². The molecule has 0 aliphatic heterocycles. The van der Waals surface area contributed by atoms with Gasteiger partial charge in [-0.1, -0.05) is 18.2 Å². The maximum absolute atomic E-state index is 12.6. The molecule has 1 aromatic carbocycles. The van der Waals surface area contributed by atoms with Crippen LogP contribution in [0.5, 0.6) is 0 Å². The molecule has 1 N–H and O–H groups in total. The molecule has 19 heavy (non-hydrogen) atoms. The fraction of sp³-hybridized carbons (Fsp3) is 0.625. The Balaban J connectivity index is 1.37. The minimum atomic E-state index is -2.36. The molecule has 102 valence electrons. The number of alkyl halides is 2. The lowest BCUT2D eigenvalue weighted by Gasteiger charge is -2.11. The van der Waals surface area contributed by atoms with E-state index in [1.165, 1.54) is 25.3 Å². The Morgan fingerprint density at radius 3 is 2.58 bits per heavy atom. The van der Waals surface area contributed by atoms with Gasteiger partial charge in [-0.25, -0.2) is 8.78 Å². The lowest BCUT2D eigenvalue weighted by atomic mass is 10.0. The van der Waals surface area contributed by atoms with Crippen molar-refractivity contribution in [2.75, 3.05) is 0 Å². The van der Waals surface area contributed by atoms with Crippen molar-refractivity contribution >= 4 is 0 Å². The SMILES string of the molecule is FC(F)c1cccc(CNC2C3C4CCC(C4)C23)c1. The van der Waals surface area contributed by atoms with E-state index in [1.807, 2.05) is 6.07 Å². The zero-order valence-electron chi connectivity index (χ0n) is 10.9. The summed E-state index contributed by atoms with van der Waals surface area (Å²) in [5.41, 5.74) is 1.12. The monoisotopic (exact) mass is 263 g/mol. The fourth-order valence-electron chi connectivity index (χ4n) is 4.67. The maximum Gasteiger partial charge on any atom is 0.263 e. The molecule has 1 nitrogen and oxygen atoms in total. The Labute approximate surface area is 112 Å². The molecule has 4 rings (SSSR count). The van der Waals surface area contributed by atoms with Crippen LogP contribution < -0.4 is 5.32 Å². The molecule has 1 aromatic rings. The Kier molecular flexibility index (Phi) is 2.66. The smallest absolute Gasteiger partial charge is 0.263 e. The van der Waals surface area contributed by atoms with E-state index in [0.29, 0.717) is 6.04 Å². The molecule has 0 amide bonds. The van der Waals surface area contributed by atoms with Crippen LogP contribution in [0.1, 0.15) is 36.8 Å². The summed E-state index contributed by atoms with van der Waals surface area (Å²) in [5, 5.41) is 3.60. The van der Waals surface area contributed by atoms with Crippen LogP contribution in [0.2, 0.25) is 0 Å².